The number of aryl methyl sites for hydroxylation is 2. The van der Waals surface area contributed by atoms with Crippen molar-refractivity contribution in [2.24, 2.45) is 0 Å². The third-order valence-electron chi connectivity index (χ3n) is 3.86. The number of hydrogen-bond acceptors (Lipinski definition) is 4. The number of carbonyl (C=O) groups excluding carboxylic acids is 1. The standard InChI is InChI=1S/C18H19ClN2O4/c1-10-7-11(2)12(3)17(8-10)25-13(4)18(22)20-16-9-14(21(23)24)5-6-15(16)19/h5-9,13H,1-4H3,(H,20,22)/t13-/m0/s1. The monoisotopic (exact) mass is 362 g/mol. The number of anilines is 1. The van der Waals surface area contributed by atoms with Crippen molar-refractivity contribution in [3.05, 3.63) is 62.2 Å². The number of halogens is 1. The Balaban J connectivity index is 2.16. The Kier molecular flexibility index (Phi) is 5.64. The van der Waals surface area contributed by atoms with Crippen LogP contribution in [0.5, 0.6) is 5.75 Å². The Morgan fingerprint density at radius 1 is 1.24 bits per heavy atom. The van der Waals surface area contributed by atoms with E-state index in [1.165, 1.54) is 18.2 Å². The molecule has 1 atom stereocenters. The summed E-state index contributed by atoms with van der Waals surface area (Å²) in [5.74, 6) is 0.186. The molecule has 0 radical (unpaired) electrons. The molecule has 7 heteroatoms. The van der Waals surface area contributed by atoms with Crippen LogP contribution in [0.1, 0.15) is 23.6 Å². The Labute approximate surface area is 150 Å². The van der Waals surface area contributed by atoms with E-state index in [2.05, 4.69) is 5.32 Å². The molecule has 0 aliphatic rings. The van der Waals surface area contributed by atoms with Gasteiger partial charge in [0.15, 0.2) is 6.10 Å². The molecule has 0 aliphatic carbocycles. The molecule has 0 heterocycles. The van der Waals surface area contributed by atoms with Crippen molar-refractivity contribution >= 4 is 28.9 Å². The number of hydrogen-bond donors (Lipinski definition) is 1. The van der Waals surface area contributed by atoms with E-state index in [-0.39, 0.29) is 16.4 Å². The van der Waals surface area contributed by atoms with Gasteiger partial charge in [0.2, 0.25) is 0 Å². The Morgan fingerprint density at radius 3 is 2.56 bits per heavy atom. The molecule has 132 valence electrons. The molecule has 2 aromatic rings. The van der Waals surface area contributed by atoms with Gasteiger partial charge in [-0.15, -0.1) is 0 Å². The van der Waals surface area contributed by atoms with Crippen LogP contribution in [-0.4, -0.2) is 16.9 Å². The maximum atomic E-state index is 12.4. The Morgan fingerprint density at radius 2 is 1.92 bits per heavy atom. The molecule has 0 saturated heterocycles. The van der Waals surface area contributed by atoms with E-state index in [4.69, 9.17) is 16.3 Å². The van der Waals surface area contributed by atoms with Crippen LogP contribution in [0.4, 0.5) is 11.4 Å². The maximum absolute atomic E-state index is 12.4. The summed E-state index contributed by atoms with van der Waals surface area (Å²) in [6, 6.07) is 7.77. The summed E-state index contributed by atoms with van der Waals surface area (Å²) in [7, 11) is 0. The van der Waals surface area contributed by atoms with E-state index in [1.807, 2.05) is 32.9 Å². The molecule has 0 saturated carbocycles. The Hall–Kier alpha value is -2.60. The van der Waals surface area contributed by atoms with E-state index in [1.54, 1.807) is 6.92 Å². The number of nitrogens with zero attached hydrogens (tertiary/aromatic N) is 1. The van der Waals surface area contributed by atoms with Crippen LogP contribution in [0.2, 0.25) is 5.02 Å². The lowest BCUT2D eigenvalue weighted by Gasteiger charge is -2.18. The largest absolute Gasteiger partial charge is 0.481 e. The minimum atomic E-state index is -0.796. The van der Waals surface area contributed by atoms with Gasteiger partial charge in [-0.3, -0.25) is 14.9 Å². The fourth-order valence-corrected chi connectivity index (χ4v) is 2.49. The summed E-state index contributed by atoms with van der Waals surface area (Å²) >= 11 is 6.00. The first kappa shape index (κ1) is 18.7. The smallest absolute Gasteiger partial charge is 0.271 e. The van der Waals surface area contributed by atoms with Crippen LogP contribution < -0.4 is 10.1 Å². The van der Waals surface area contributed by atoms with Gasteiger partial charge in [0.05, 0.1) is 15.6 Å². The van der Waals surface area contributed by atoms with Crippen molar-refractivity contribution in [1.29, 1.82) is 0 Å². The summed E-state index contributed by atoms with van der Waals surface area (Å²) in [6.45, 7) is 7.46. The number of nitro benzene ring substituents is 1. The molecule has 0 unspecified atom stereocenters. The minimum absolute atomic E-state index is 0.154. The zero-order chi connectivity index (χ0) is 18.7. The molecular weight excluding hydrogens is 344 g/mol. The third-order valence-corrected chi connectivity index (χ3v) is 4.19. The summed E-state index contributed by atoms with van der Waals surface area (Å²) in [6.07, 6.45) is -0.796. The molecule has 2 aromatic carbocycles. The van der Waals surface area contributed by atoms with Gasteiger partial charge in [0, 0.05) is 12.1 Å². The van der Waals surface area contributed by atoms with E-state index in [0.717, 1.165) is 16.7 Å². The van der Waals surface area contributed by atoms with Gasteiger partial charge in [0.25, 0.3) is 11.6 Å². The minimum Gasteiger partial charge on any atom is -0.481 e. The number of nitrogens with one attached hydrogen (secondary N) is 1. The van der Waals surface area contributed by atoms with Crippen LogP contribution in [0, 0.1) is 30.9 Å². The average Bonchev–Trinajstić information content (AvgIpc) is 2.53. The van der Waals surface area contributed by atoms with Gasteiger partial charge in [-0.05, 0) is 56.5 Å². The lowest BCUT2D eigenvalue weighted by molar-refractivity contribution is -0.384. The second-order valence-corrected chi connectivity index (χ2v) is 6.28. The zero-order valence-electron chi connectivity index (χ0n) is 14.4. The fraction of sp³-hybridized carbons (Fsp3) is 0.278. The highest BCUT2D eigenvalue weighted by atomic mass is 35.5. The highest BCUT2D eigenvalue weighted by molar-refractivity contribution is 6.33. The lowest BCUT2D eigenvalue weighted by Crippen LogP contribution is -2.30. The lowest BCUT2D eigenvalue weighted by atomic mass is 10.1. The molecule has 0 aromatic heterocycles. The van der Waals surface area contributed by atoms with Crippen LogP contribution in [0.25, 0.3) is 0 Å². The molecule has 0 fully saturated rings. The maximum Gasteiger partial charge on any atom is 0.271 e. The number of benzene rings is 2. The second kappa shape index (κ2) is 7.53. The van der Waals surface area contributed by atoms with E-state index < -0.39 is 16.9 Å². The molecule has 0 bridgehead atoms. The summed E-state index contributed by atoms with van der Waals surface area (Å²) in [4.78, 5) is 22.7. The topological polar surface area (TPSA) is 81.5 Å². The predicted octanol–water partition coefficient (Wildman–Crippen LogP) is 4.58. The second-order valence-electron chi connectivity index (χ2n) is 5.88. The highest BCUT2D eigenvalue weighted by Crippen LogP contribution is 2.28. The normalized spacial score (nSPS) is 11.7. The third kappa shape index (κ3) is 4.48. The summed E-state index contributed by atoms with van der Waals surface area (Å²) < 4.78 is 5.77. The molecule has 25 heavy (non-hydrogen) atoms. The van der Waals surface area contributed by atoms with Crippen molar-refractivity contribution in [3.8, 4) is 5.75 Å². The van der Waals surface area contributed by atoms with E-state index >= 15 is 0 Å². The van der Waals surface area contributed by atoms with Crippen molar-refractivity contribution in [3.63, 3.8) is 0 Å². The van der Waals surface area contributed by atoms with E-state index in [9.17, 15) is 14.9 Å². The number of rotatable bonds is 5. The predicted molar refractivity (Wildman–Crippen MR) is 97.5 cm³/mol. The van der Waals surface area contributed by atoms with Crippen molar-refractivity contribution in [1.82, 2.24) is 0 Å². The molecule has 2 rings (SSSR count). The van der Waals surface area contributed by atoms with Crippen LogP contribution in [0.15, 0.2) is 30.3 Å². The number of ether oxygens (including phenoxy) is 1. The summed E-state index contributed by atoms with van der Waals surface area (Å²) in [5.41, 5.74) is 3.09. The number of carbonyl (C=O) groups is 1. The van der Waals surface area contributed by atoms with Crippen LogP contribution >= 0.6 is 11.6 Å². The number of amides is 1. The SMILES string of the molecule is Cc1cc(C)c(C)c(O[C@@H](C)C(=O)Nc2cc([N+](=O)[O-])ccc2Cl)c1. The van der Waals surface area contributed by atoms with Crippen molar-refractivity contribution < 1.29 is 14.5 Å². The van der Waals surface area contributed by atoms with Gasteiger partial charge in [-0.25, -0.2) is 0 Å². The quantitative estimate of drug-likeness (QED) is 0.623. The van der Waals surface area contributed by atoms with Gasteiger partial charge in [-0.1, -0.05) is 17.7 Å². The Bertz CT molecular complexity index is 836. The molecule has 0 aliphatic heterocycles. The highest BCUT2D eigenvalue weighted by Gasteiger charge is 2.19. The molecule has 1 amide bonds. The van der Waals surface area contributed by atoms with Gasteiger partial charge >= 0.3 is 0 Å². The first-order valence-electron chi connectivity index (χ1n) is 7.68. The van der Waals surface area contributed by atoms with Gasteiger partial charge in [0.1, 0.15) is 5.75 Å². The summed E-state index contributed by atoms with van der Waals surface area (Å²) in [5, 5.41) is 13.6. The van der Waals surface area contributed by atoms with Crippen molar-refractivity contribution in [2.45, 2.75) is 33.8 Å². The fourth-order valence-electron chi connectivity index (χ4n) is 2.32. The van der Waals surface area contributed by atoms with Gasteiger partial charge < -0.3 is 10.1 Å². The zero-order valence-corrected chi connectivity index (χ0v) is 15.2. The van der Waals surface area contributed by atoms with Crippen LogP contribution in [0.3, 0.4) is 0 Å². The van der Waals surface area contributed by atoms with Gasteiger partial charge in [-0.2, -0.15) is 0 Å². The van der Waals surface area contributed by atoms with E-state index in [0.29, 0.717) is 5.75 Å². The van der Waals surface area contributed by atoms with Crippen LogP contribution in [-0.2, 0) is 4.79 Å². The average molecular weight is 363 g/mol. The molecule has 0 spiro atoms. The first-order chi connectivity index (χ1) is 11.7. The molecule has 1 N–H and O–H groups in total. The molecular formula is C18H19ClN2O4. The number of non-ortho nitro benzene ring substituents is 1. The first-order valence-corrected chi connectivity index (χ1v) is 8.06. The number of nitro groups is 1. The molecule has 6 nitrogen and oxygen atoms in total. The van der Waals surface area contributed by atoms with Crippen molar-refractivity contribution in [2.75, 3.05) is 5.32 Å².